The maximum Gasteiger partial charge on any atom is 0.0452 e. The van der Waals surface area contributed by atoms with Crippen LogP contribution >= 0.6 is 11.3 Å². The van der Waals surface area contributed by atoms with Crippen LogP contribution in [-0.4, -0.2) is 13.1 Å². The molecule has 0 aliphatic heterocycles. The van der Waals surface area contributed by atoms with Crippen LogP contribution in [0.15, 0.2) is 16.8 Å². The molecule has 1 unspecified atom stereocenters. The third-order valence-electron chi connectivity index (χ3n) is 2.82. The topological polar surface area (TPSA) is 38.0 Å². The van der Waals surface area contributed by atoms with Crippen LogP contribution in [0.25, 0.3) is 0 Å². The van der Waals surface area contributed by atoms with Gasteiger partial charge in [0.1, 0.15) is 0 Å². The Hall–Kier alpha value is -0.380. The van der Waals surface area contributed by atoms with Gasteiger partial charge in [0.2, 0.25) is 0 Å². The van der Waals surface area contributed by atoms with E-state index in [-0.39, 0.29) is 0 Å². The highest BCUT2D eigenvalue weighted by Gasteiger charge is 2.20. The van der Waals surface area contributed by atoms with Crippen molar-refractivity contribution in [3.8, 4) is 0 Å². The number of hydrogen-bond acceptors (Lipinski definition) is 3. The first kappa shape index (κ1) is 10.1. The molecule has 2 nitrogen and oxygen atoms in total. The lowest BCUT2D eigenvalue weighted by molar-refractivity contribution is 0.517. The van der Waals surface area contributed by atoms with Crippen LogP contribution < -0.4 is 11.1 Å². The van der Waals surface area contributed by atoms with Gasteiger partial charge in [-0.3, -0.25) is 0 Å². The first-order chi connectivity index (χ1) is 6.90. The fourth-order valence-corrected chi connectivity index (χ4v) is 2.39. The summed E-state index contributed by atoms with van der Waals surface area (Å²) < 4.78 is 0. The summed E-state index contributed by atoms with van der Waals surface area (Å²) in [6.07, 6.45) is 4.20. The van der Waals surface area contributed by atoms with E-state index in [4.69, 9.17) is 5.73 Å². The van der Waals surface area contributed by atoms with Gasteiger partial charge in [-0.15, -0.1) is 0 Å². The zero-order valence-corrected chi connectivity index (χ0v) is 9.22. The molecule has 0 bridgehead atoms. The molecule has 1 aromatic heterocycles. The average Bonchev–Trinajstić information content (AvgIpc) is 2.86. The van der Waals surface area contributed by atoms with Gasteiger partial charge < -0.3 is 11.1 Å². The second kappa shape index (κ2) is 4.91. The predicted octanol–water partition coefficient (Wildman–Crippen LogP) is 2.14. The van der Waals surface area contributed by atoms with Crippen LogP contribution in [0.1, 0.15) is 30.9 Å². The lowest BCUT2D eigenvalue weighted by atomic mass is 10.1. The van der Waals surface area contributed by atoms with Crippen molar-refractivity contribution in [2.75, 3.05) is 13.1 Å². The summed E-state index contributed by atoms with van der Waals surface area (Å²) in [7, 11) is 0. The Kier molecular flexibility index (Phi) is 3.56. The third kappa shape index (κ3) is 2.80. The Balaban J connectivity index is 1.74. The lowest BCUT2D eigenvalue weighted by Gasteiger charge is -2.15. The van der Waals surface area contributed by atoms with Gasteiger partial charge in [0.15, 0.2) is 0 Å². The molecule has 3 N–H and O–H groups in total. The van der Waals surface area contributed by atoms with E-state index in [1.165, 1.54) is 24.8 Å². The molecule has 1 aliphatic rings. The van der Waals surface area contributed by atoms with Crippen LogP contribution in [0.3, 0.4) is 0 Å². The van der Waals surface area contributed by atoms with Crippen molar-refractivity contribution in [3.63, 3.8) is 0 Å². The highest BCUT2D eigenvalue weighted by molar-refractivity contribution is 7.07. The van der Waals surface area contributed by atoms with Gasteiger partial charge in [-0.25, -0.2) is 0 Å². The van der Waals surface area contributed by atoms with Gasteiger partial charge in [-0.1, -0.05) is 12.8 Å². The molecule has 1 saturated carbocycles. The Morgan fingerprint density at radius 2 is 2.43 bits per heavy atom. The van der Waals surface area contributed by atoms with E-state index in [2.05, 4.69) is 22.1 Å². The van der Waals surface area contributed by atoms with E-state index in [9.17, 15) is 0 Å². The van der Waals surface area contributed by atoms with Crippen molar-refractivity contribution in [1.82, 2.24) is 5.32 Å². The van der Waals surface area contributed by atoms with Gasteiger partial charge in [0, 0.05) is 12.6 Å². The third-order valence-corrected chi connectivity index (χ3v) is 3.52. The minimum Gasteiger partial charge on any atom is -0.329 e. The Bertz CT molecular complexity index is 254. The Morgan fingerprint density at radius 1 is 1.57 bits per heavy atom. The highest BCUT2D eigenvalue weighted by atomic mass is 32.1. The zero-order chi connectivity index (χ0) is 9.80. The summed E-state index contributed by atoms with van der Waals surface area (Å²) in [6, 6.07) is 2.52. The molecule has 14 heavy (non-hydrogen) atoms. The maximum atomic E-state index is 5.74. The van der Waals surface area contributed by atoms with E-state index in [1.807, 2.05) is 0 Å². The second-order valence-corrected chi connectivity index (χ2v) is 4.81. The molecule has 1 aromatic rings. The van der Waals surface area contributed by atoms with Gasteiger partial charge >= 0.3 is 0 Å². The summed E-state index contributed by atoms with van der Waals surface area (Å²) in [6.45, 7) is 1.81. The molecular weight excluding hydrogens is 192 g/mol. The van der Waals surface area contributed by atoms with E-state index in [1.54, 1.807) is 11.3 Å². The molecule has 0 aromatic carbocycles. The molecule has 1 heterocycles. The average molecular weight is 210 g/mol. The first-order valence-corrected chi connectivity index (χ1v) is 6.30. The fraction of sp³-hybridized carbons (Fsp3) is 0.636. The van der Waals surface area contributed by atoms with Crippen molar-refractivity contribution in [2.45, 2.75) is 25.3 Å². The van der Waals surface area contributed by atoms with Crippen LogP contribution in [0.4, 0.5) is 0 Å². The predicted molar refractivity (Wildman–Crippen MR) is 61.5 cm³/mol. The van der Waals surface area contributed by atoms with E-state index < -0.39 is 0 Å². The smallest absolute Gasteiger partial charge is 0.0452 e. The van der Waals surface area contributed by atoms with Crippen LogP contribution in [0, 0.1) is 5.92 Å². The summed E-state index contributed by atoms with van der Waals surface area (Å²) in [5.74, 6) is 1.00. The van der Waals surface area contributed by atoms with Crippen LogP contribution in [0.2, 0.25) is 0 Å². The molecule has 3 heteroatoms. The zero-order valence-electron chi connectivity index (χ0n) is 8.41. The van der Waals surface area contributed by atoms with Crippen molar-refractivity contribution >= 4 is 11.3 Å². The number of rotatable bonds is 6. The summed E-state index contributed by atoms with van der Waals surface area (Å²) in [4.78, 5) is 0. The van der Waals surface area contributed by atoms with Gasteiger partial charge in [-0.2, -0.15) is 11.3 Å². The minimum absolute atomic E-state index is 0.361. The number of nitrogens with two attached hydrogens (primary N) is 1. The highest BCUT2D eigenvalue weighted by Crippen LogP contribution is 2.31. The fourth-order valence-electron chi connectivity index (χ4n) is 1.68. The monoisotopic (exact) mass is 210 g/mol. The van der Waals surface area contributed by atoms with Gasteiger partial charge in [0.05, 0.1) is 0 Å². The van der Waals surface area contributed by atoms with Gasteiger partial charge in [0.25, 0.3) is 0 Å². The minimum atomic E-state index is 0.361. The van der Waals surface area contributed by atoms with E-state index >= 15 is 0 Å². The molecule has 78 valence electrons. The van der Waals surface area contributed by atoms with E-state index in [0.717, 1.165) is 12.5 Å². The van der Waals surface area contributed by atoms with Crippen molar-refractivity contribution in [2.24, 2.45) is 11.7 Å². The number of thiophene rings is 1. The summed E-state index contributed by atoms with van der Waals surface area (Å²) in [5, 5.41) is 7.82. The van der Waals surface area contributed by atoms with Crippen molar-refractivity contribution < 1.29 is 0 Å². The molecule has 0 amide bonds. The SMILES string of the molecule is NCC(NCCC1CC1)c1ccsc1. The molecular formula is C11H18N2S. The standard InChI is InChI=1S/C11H18N2S/c12-7-11(10-4-6-14-8-10)13-5-3-9-1-2-9/h4,6,8-9,11,13H,1-3,5,7,12H2. The summed E-state index contributed by atoms with van der Waals surface area (Å²) >= 11 is 1.74. The molecule has 1 fully saturated rings. The van der Waals surface area contributed by atoms with Crippen LogP contribution in [0.5, 0.6) is 0 Å². The largest absolute Gasteiger partial charge is 0.329 e. The molecule has 0 spiro atoms. The summed E-state index contributed by atoms with van der Waals surface area (Å²) in [5.41, 5.74) is 7.08. The van der Waals surface area contributed by atoms with Gasteiger partial charge in [-0.05, 0) is 41.3 Å². The molecule has 1 aliphatic carbocycles. The molecule has 0 saturated heterocycles. The number of hydrogen-bond donors (Lipinski definition) is 2. The molecule has 2 rings (SSSR count). The molecule has 0 radical (unpaired) electrons. The van der Waals surface area contributed by atoms with Crippen molar-refractivity contribution in [1.29, 1.82) is 0 Å². The maximum absolute atomic E-state index is 5.74. The van der Waals surface area contributed by atoms with Crippen molar-refractivity contribution in [3.05, 3.63) is 22.4 Å². The number of nitrogens with one attached hydrogen (secondary N) is 1. The molecule has 1 atom stereocenters. The Morgan fingerprint density at radius 3 is 3.00 bits per heavy atom. The second-order valence-electron chi connectivity index (χ2n) is 4.03. The van der Waals surface area contributed by atoms with E-state index in [0.29, 0.717) is 12.6 Å². The first-order valence-electron chi connectivity index (χ1n) is 5.35. The normalized spacial score (nSPS) is 18.4. The van der Waals surface area contributed by atoms with Crippen LogP contribution in [-0.2, 0) is 0 Å². The quantitative estimate of drug-likeness (QED) is 0.755. The lowest BCUT2D eigenvalue weighted by Crippen LogP contribution is -2.28. The Labute approximate surface area is 89.5 Å².